The molecule has 0 spiro atoms. The fraction of sp³-hybridized carbons (Fsp3) is 0.500. The summed E-state index contributed by atoms with van der Waals surface area (Å²) in [5.41, 5.74) is 1.76. The van der Waals surface area contributed by atoms with Gasteiger partial charge in [0, 0.05) is 16.1 Å². The van der Waals surface area contributed by atoms with E-state index in [2.05, 4.69) is 33.5 Å². The Labute approximate surface area is 129 Å². The Morgan fingerprint density at radius 2 is 2.21 bits per heavy atom. The van der Waals surface area contributed by atoms with Crippen LogP contribution < -0.4 is 10.6 Å². The smallest absolute Gasteiger partial charge is 0.251 e. The predicted molar refractivity (Wildman–Crippen MR) is 84.0 cm³/mol. The number of rotatable bonds is 2. The Morgan fingerprint density at radius 1 is 1.47 bits per heavy atom. The molecule has 1 fully saturated rings. The van der Waals surface area contributed by atoms with Crippen LogP contribution in [-0.4, -0.2) is 25.0 Å². The first kappa shape index (κ1) is 16.5. The van der Waals surface area contributed by atoms with Crippen LogP contribution in [0.3, 0.4) is 0 Å². The van der Waals surface area contributed by atoms with Gasteiger partial charge in [-0.05, 0) is 50.0 Å². The van der Waals surface area contributed by atoms with Crippen LogP contribution in [0.15, 0.2) is 22.7 Å². The molecule has 1 aromatic carbocycles. The van der Waals surface area contributed by atoms with Gasteiger partial charge in [0.05, 0.1) is 0 Å². The van der Waals surface area contributed by atoms with Crippen LogP contribution in [0.5, 0.6) is 0 Å². The van der Waals surface area contributed by atoms with Crippen molar-refractivity contribution in [2.24, 2.45) is 5.92 Å². The summed E-state index contributed by atoms with van der Waals surface area (Å²) in [6.45, 7) is 6.09. The maximum Gasteiger partial charge on any atom is 0.251 e. The Kier molecular flexibility index (Phi) is 6.30. The molecule has 19 heavy (non-hydrogen) atoms. The van der Waals surface area contributed by atoms with Gasteiger partial charge in [-0.3, -0.25) is 4.79 Å². The van der Waals surface area contributed by atoms with Gasteiger partial charge in [-0.1, -0.05) is 28.9 Å². The molecule has 1 aliphatic heterocycles. The summed E-state index contributed by atoms with van der Waals surface area (Å²) in [5.74, 6) is 0.516. The number of hydrogen-bond donors (Lipinski definition) is 2. The number of carbonyl (C=O) groups is 1. The van der Waals surface area contributed by atoms with Crippen molar-refractivity contribution in [1.29, 1.82) is 0 Å². The van der Waals surface area contributed by atoms with E-state index in [9.17, 15) is 4.79 Å². The zero-order valence-corrected chi connectivity index (χ0v) is 13.6. The maximum atomic E-state index is 12.3. The normalized spacial score (nSPS) is 22.5. The molecule has 1 heterocycles. The van der Waals surface area contributed by atoms with Crippen LogP contribution >= 0.6 is 28.3 Å². The zero-order valence-electron chi connectivity index (χ0n) is 11.2. The molecular weight excluding hydrogens is 328 g/mol. The van der Waals surface area contributed by atoms with E-state index in [4.69, 9.17) is 0 Å². The lowest BCUT2D eigenvalue weighted by Crippen LogP contribution is -2.48. The van der Waals surface area contributed by atoms with Crippen molar-refractivity contribution >= 4 is 34.2 Å². The monoisotopic (exact) mass is 346 g/mol. The minimum Gasteiger partial charge on any atom is -0.349 e. The molecule has 3 nitrogen and oxygen atoms in total. The van der Waals surface area contributed by atoms with E-state index in [1.54, 1.807) is 0 Å². The van der Waals surface area contributed by atoms with E-state index in [0.29, 0.717) is 5.92 Å². The molecule has 2 unspecified atom stereocenters. The molecule has 0 bridgehead atoms. The van der Waals surface area contributed by atoms with Crippen molar-refractivity contribution in [2.45, 2.75) is 26.3 Å². The quantitative estimate of drug-likeness (QED) is 0.863. The van der Waals surface area contributed by atoms with Crippen LogP contribution in [0.2, 0.25) is 0 Å². The predicted octanol–water partition coefficient (Wildman–Crippen LogP) is 2.91. The van der Waals surface area contributed by atoms with Crippen molar-refractivity contribution in [3.05, 3.63) is 33.8 Å². The first-order chi connectivity index (χ1) is 8.59. The molecule has 2 N–H and O–H groups in total. The van der Waals surface area contributed by atoms with Gasteiger partial charge >= 0.3 is 0 Å². The highest BCUT2D eigenvalue weighted by Crippen LogP contribution is 2.20. The van der Waals surface area contributed by atoms with E-state index in [0.717, 1.165) is 35.1 Å². The highest BCUT2D eigenvalue weighted by Gasteiger charge is 2.23. The van der Waals surface area contributed by atoms with Gasteiger partial charge in [0.25, 0.3) is 5.91 Å². The molecule has 1 aliphatic rings. The molecule has 0 radical (unpaired) electrons. The summed E-state index contributed by atoms with van der Waals surface area (Å²) in [6, 6.07) is 6.01. The topological polar surface area (TPSA) is 41.1 Å². The molecule has 2 atom stereocenters. The van der Waals surface area contributed by atoms with Crippen molar-refractivity contribution in [1.82, 2.24) is 10.6 Å². The molecule has 5 heteroatoms. The molecule has 1 aromatic rings. The summed E-state index contributed by atoms with van der Waals surface area (Å²) in [5, 5.41) is 6.49. The van der Waals surface area contributed by atoms with Crippen LogP contribution in [-0.2, 0) is 0 Å². The van der Waals surface area contributed by atoms with Crippen LogP contribution in [0, 0.1) is 12.8 Å². The molecular formula is C14H20BrClN2O. The zero-order chi connectivity index (χ0) is 13.1. The summed E-state index contributed by atoms with van der Waals surface area (Å²) in [6.07, 6.45) is 1.000. The number of halogens is 2. The van der Waals surface area contributed by atoms with Gasteiger partial charge in [0.1, 0.15) is 0 Å². The third-order valence-electron chi connectivity index (χ3n) is 3.61. The van der Waals surface area contributed by atoms with E-state index >= 15 is 0 Å². The minimum atomic E-state index is 0. The molecule has 0 aromatic heterocycles. The first-order valence-corrected chi connectivity index (χ1v) is 7.15. The number of nitrogens with one attached hydrogen (secondary N) is 2. The molecule has 2 rings (SSSR count). The second kappa shape index (κ2) is 7.27. The van der Waals surface area contributed by atoms with Crippen molar-refractivity contribution in [2.75, 3.05) is 13.1 Å². The second-order valence-corrected chi connectivity index (χ2v) is 5.82. The van der Waals surface area contributed by atoms with Crippen molar-refractivity contribution in [3.8, 4) is 0 Å². The van der Waals surface area contributed by atoms with Gasteiger partial charge < -0.3 is 10.6 Å². The van der Waals surface area contributed by atoms with Gasteiger partial charge in [0.15, 0.2) is 0 Å². The van der Waals surface area contributed by atoms with Crippen LogP contribution in [0.1, 0.15) is 29.3 Å². The largest absolute Gasteiger partial charge is 0.349 e. The van der Waals surface area contributed by atoms with Gasteiger partial charge in [0.2, 0.25) is 0 Å². The lowest BCUT2D eigenvalue weighted by molar-refractivity contribution is 0.0913. The average Bonchev–Trinajstić information content (AvgIpc) is 2.35. The number of benzene rings is 1. The lowest BCUT2D eigenvalue weighted by Gasteiger charge is -2.30. The number of hydrogen-bond acceptors (Lipinski definition) is 2. The molecule has 106 valence electrons. The molecule has 0 aliphatic carbocycles. The molecule has 1 amide bonds. The van der Waals surface area contributed by atoms with E-state index in [1.807, 2.05) is 25.1 Å². The number of piperidine rings is 1. The van der Waals surface area contributed by atoms with Gasteiger partial charge in [-0.2, -0.15) is 0 Å². The van der Waals surface area contributed by atoms with E-state index in [1.165, 1.54) is 0 Å². The number of carbonyl (C=O) groups excluding carboxylic acids is 1. The third-order valence-corrected chi connectivity index (χ3v) is 4.47. The summed E-state index contributed by atoms with van der Waals surface area (Å²) < 4.78 is 0.980. The number of amides is 1. The van der Waals surface area contributed by atoms with Gasteiger partial charge in [-0.15, -0.1) is 12.4 Å². The Hall–Kier alpha value is -0.580. The second-order valence-electron chi connectivity index (χ2n) is 4.96. The fourth-order valence-corrected chi connectivity index (χ4v) is 2.69. The first-order valence-electron chi connectivity index (χ1n) is 6.36. The highest BCUT2D eigenvalue weighted by atomic mass is 79.9. The Balaban J connectivity index is 0.00000180. The average molecular weight is 348 g/mol. The maximum absolute atomic E-state index is 12.3. The SMILES string of the molecule is Cc1c(Br)cccc1C(=O)NC1CCNCC1C.Cl. The van der Waals surface area contributed by atoms with Crippen molar-refractivity contribution < 1.29 is 4.79 Å². The van der Waals surface area contributed by atoms with Crippen LogP contribution in [0.4, 0.5) is 0 Å². The van der Waals surface area contributed by atoms with E-state index < -0.39 is 0 Å². The molecule has 0 saturated carbocycles. The summed E-state index contributed by atoms with van der Waals surface area (Å²) in [7, 11) is 0. The minimum absolute atomic E-state index is 0. The fourth-order valence-electron chi connectivity index (χ4n) is 2.33. The molecule has 1 saturated heterocycles. The standard InChI is InChI=1S/C14H19BrN2O.ClH/c1-9-8-16-7-6-13(9)17-14(18)11-4-3-5-12(15)10(11)2;/h3-5,9,13,16H,6-8H2,1-2H3,(H,17,18);1H. The Bertz CT molecular complexity index is 453. The highest BCUT2D eigenvalue weighted by molar-refractivity contribution is 9.10. The lowest BCUT2D eigenvalue weighted by atomic mass is 9.95. The third kappa shape index (κ3) is 3.94. The van der Waals surface area contributed by atoms with E-state index in [-0.39, 0.29) is 24.4 Å². The van der Waals surface area contributed by atoms with Crippen LogP contribution in [0.25, 0.3) is 0 Å². The van der Waals surface area contributed by atoms with Gasteiger partial charge in [-0.25, -0.2) is 0 Å². The summed E-state index contributed by atoms with van der Waals surface area (Å²) >= 11 is 3.46. The van der Waals surface area contributed by atoms with Crippen molar-refractivity contribution in [3.63, 3.8) is 0 Å². The summed E-state index contributed by atoms with van der Waals surface area (Å²) in [4.78, 5) is 12.3. The Morgan fingerprint density at radius 3 is 2.89 bits per heavy atom.